The Balaban J connectivity index is 1.91. The molecule has 1 aliphatic heterocycles. The highest BCUT2D eigenvalue weighted by molar-refractivity contribution is 6.46. The van der Waals surface area contributed by atoms with Crippen molar-refractivity contribution < 1.29 is 14.7 Å². The van der Waals surface area contributed by atoms with Crippen LogP contribution in [0, 0.1) is 13.8 Å². The summed E-state index contributed by atoms with van der Waals surface area (Å²) in [4.78, 5) is 30.1. The Morgan fingerprint density at radius 1 is 0.900 bits per heavy atom. The highest BCUT2D eigenvalue weighted by atomic mass is 16.3. The van der Waals surface area contributed by atoms with E-state index >= 15 is 0 Å². The molecule has 3 aromatic carbocycles. The van der Waals surface area contributed by atoms with Crippen molar-refractivity contribution in [1.29, 1.82) is 0 Å². The van der Waals surface area contributed by atoms with E-state index in [1.807, 2.05) is 68.4 Å². The van der Waals surface area contributed by atoms with E-state index in [1.165, 1.54) is 4.90 Å². The second-order valence-corrected chi connectivity index (χ2v) is 7.61. The summed E-state index contributed by atoms with van der Waals surface area (Å²) in [5.74, 6) is -0.722. The number of nitrogens with zero attached hydrogens (tertiary/aromatic N) is 2. The number of carbonyl (C=O) groups is 2. The molecule has 0 aliphatic carbocycles. The third-order valence-corrected chi connectivity index (χ3v) is 5.68. The largest absolute Gasteiger partial charge is 0.395 e. The predicted molar refractivity (Wildman–Crippen MR) is 119 cm³/mol. The summed E-state index contributed by atoms with van der Waals surface area (Å²) in [6.45, 7) is 4.14. The lowest BCUT2D eigenvalue weighted by Crippen LogP contribution is -2.35. The fourth-order valence-electron chi connectivity index (χ4n) is 3.91. The Hall–Kier alpha value is -3.44. The van der Waals surface area contributed by atoms with Crippen molar-refractivity contribution in [2.24, 2.45) is 0 Å². The number of amides is 2. The Kier molecular flexibility index (Phi) is 5.14. The SMILES string of the molecule is Cc1ccc(C2=C(N(C)CCO)C(=O)N(c3cccc4ccccc34)C2=O)cc1C. The van der Waals surface area contributed by atoms with Crippen LogP contribution in [0.4, 0.5) is 5.69 Å². The molecule has 0 saturated heterocycles. The van der Waals surface area contributed by atoms with E-state index in [1.54, 1.807) is 18.0 Å². The number of aliphatic hydroxyl groups excluding tert-OH is 1. The van der Waals surface area contributed by atoms with Crippen LogP contribution in [-0.2, 0) is 9.59 Å². The van der Waals surface area contributed by atoms with Crippen LogP contribution in [0.2, 0.25) is 0 Å². The summed E-state index contributed by atoms with van der Waals surface area (Å²) in [6, 6.07) is 19.1. The molecule has 4 rings (SSSR count). The quantitative estimate of drug-likeness (QED) is 0.664. The van der Waals surface area contributed by atoms with Gasteiger partial charge in [0, 0.05) is 19.0 Å². The number of rotatable bonds is 5. The van der Waals surface area contributed by atoms with Crippen molar-refractivity contribution in [3.8, 4) is 0 Å². The minimum atomic E-state index is -0.375. The minimum Gasteiger partial charge on any atom is -0.395 e. The zero-order valence-corrected chi connectivity index (χ0v) is 17.3. The maximum atomic E-state index is 13.6. The summed E-state index contributed by atoms with van der Waals surface area (Å²) in [5.41, 5.74) is 4.12. The smallest absolute Gasteiger partial charge is 0.282 e. The third-order valence-electron chi connectivity index (χ3n) is 5.68. The summed E-state index contributed by atoms with van der Waals surface area (Å²) in [5, 5.41) is 11.2. The molecule has 0 fully saturated rings. The molecule has 0 aromatic heterocycles. The lowest BCUT2D eigenvalue weighted by atomic mass is 9.99. The molecule has 3 aromatic rings. The van der Waals surface area contributed by atoms with E-state index in [4.69, 9.17) is 0 Å². The molecule has 0 saturated carbocycles. The van der Waals surface area contributed by atoms with Crippen LogP contribution in [0.15, 0.2) is 66.4 Å². The second-order valence-electron chi connectivity index (χ2n) is 7.61. The first-order chi connectivity index (χ1) is 14.4. The van der Waals surface area contributed by atoms with Gasteiger partial charge >= 0.3 is 0 Å². The van der Waals surface area contributed by atoms with Crippen LogP contribution in [-0.4, -0.2) is 42.0 Å². The number of fused-ring (bicyclic) bond motifs is 1. The fourth-order valence-corrected chi connectivity index (χ4v) is 3.91. The van der Waals surface area contributed by atoms with Crippen molar-refractivity contribution in [3.63, 3.8) is 0 Å². The molecule has 1 heterocycles. The molecule has 2 amide bonds. The van der Waals surface area contributed by atoms with Crippen LogP contribution < -0.4 is 4.90 Å². The van der Waals surface area contributed by atoms with Crippen molar-refractivity contribution in [2.45, 2.75) is 13.8 Å². The summed E-state index contributed by atoms with van der Waals surface area (Å²) in [6.07, 6.45) is 0. The van der Waals surface area contributed by atoms with Crippen molar-refractivity contribution in [1.82, 2.24) is 4.90 Å². The van der Waals surface area contributed by atoms with E-state index in [0.717, 1.165) is 21.9 Å². The Morgan fingerprint density at radius 2 is 1.63 bits per heavy atom. The van der Waals surface area contributed by atoms with Gasteiger partial charge in [-0.05, 0) is 42.0 Å². The van der Waals surface area contributed by atoms with Gasteiger partial charge in [0.1, 0.15) is 5.70 Å². The molecule has 0 atom stereocenters. The zero-order valence-electron chi connectivity index (χ0n) is 17.3. The third kappa shape index (κ3) is 3.17. The Labute approximate surface area is 175 Å². The molecule has 0 unspecified atom stereocenters. The minimum absolute atomic E-state index is 0.115. The van der Waals surface area contributed by atoms with Gasteiger partial charge in [-0.2, -0.15) is 0 Å². The normalized spacial score (nSPS) is 14.2. The molecule has 30 heavy (non-hydrogen) atoms. The molecule has 1 N–H and O–H groups in total. The molecule has 5 nitrogen and oxygen atoms in total. The number of benzene rings is 3. The van der Waals surface area contributed by atoms with Crippen LogP contribution in [0.3, 0.4) is 0 Å². The second kappa shape index (κ2) is 7.76. The van der Waals surface area contributed by atoms with E-state index in [2.05, 4.69) is 0 Å². The van der Waals surface area contributed by atoms with E-state index in [9.17, 15) is 14.7 Å². The number of aliphatic hydroxyl groups is 1. The van der Waals surface area contributed by atoms with Crippen LogP contribution in [0.1, 0.15) is 16.7 Å². The number of imide groups is 1. The number of hydrogen-bond donors (Lipinski definition) is 1. The Morgan fingerprint density at radius 3 is 2.37 bits per heavy atom. The number of aryl methyl sites for hydroxylation is 2. The number of hydrogen-bond acceptors (Lipinski definition) is 4. The molecule has 152 valence electrons. The maximum Gasteiger partial charge on any atom is 0.282 e. The van der Waals surface area contributed by atoms with E-state index < -0.39 is 0 Å². The maximum absolute atomic E-state index is 13.6. The highest BCUT2D eigenvalue weighted by Crippen LogP contribution is 2.37. The average Bonchev–Trinajstić information content (AvgIpc) is 3.00. The zero-order chi connectivity index (χ0) is 21.4. The molecular formula is C25H24N2O3. The number of anilines is 1. The Bertz CT molecular complexity index is 1190. The first-order valence-electron chi connectivity index (χ1n) is 9.94. The van der Waals surface area contributed by atoms with Crippen molar-refractivity contribution in [2.75, 3.05) is 25.1 Å². The molecule has 0 spiro atoms. The van der Waals surface area contributed by atoms with Crippen molar-refractivity contribution in [3.05, 3.63) is 83.1 Å². The van der Waals surface area contributed by atoms with Crippen LogP contribution in [0.25, 0.3) is 16.3 Å². The molecule has 0 radical (unpaired) electrons. The summed E-state index contributed by atoms with van der Waals surface area (Å²) < 4.78 is 0. The van der Waals surface area contributed by atoms with E-state index in [-0.39, 0.29) is 25.0 Å². The van der Waals surface area contributed by atoms with Gasteiger partial charge < -0.3 is 10.0 Å². The monoisotopic (exact) mass is 400 g/mol. The van der Waals surface area contributed by atoms with Gasteiger partial charge in [-0.15, -0.1) is 0 Å². The topological polar surface area (TPSA) is 60.9 Å². The molecule has 0 bridgehead atoms. The van der Waals surface area contributed by atoms with Crippen LogP contribution in [0.5, 0.6) is 0 Å². The van der Waals surface area contributed by atoms with Gasteiger partial charge in [-0.25, -0.2) is 4.90 Å². The van der Waals surface area contributed by atoms with Gasteiger partial charge in [-0.3, -0.25) is 9.59 Å². The lowest BCUT2D eigenvalue weighted by Gasteiger charge is -2.21. The average molecular weight is 400 g/mol. The predicted octanol–water partition coefficient (Wildman–Crippen LogP) is 3.67. The summed E-state index contributed by atoms with van der Waals surface area (Å²) in [7, 11) is 1.73. The number of likely N-dealkylation sites (N-methyl/N-ethyl adjacent to an activating group) is 1. The van der Waals surface area contributed by atoms with Gasteiger partial charge in [0.15, 0.2) is 0 Å². The lowest BCUT2D eigenvalue weighted by molar-refractivity contribution is -0.120. The first-order valence-corrected chi connectivity index (χ1v) is 9.94. The van der Waals surface area contributed by atoms with Gasteiger partial charge in [-0.1, -0.05) is 54.6 Å². The van der Waals surface area contributed by atoms with Gasteiger partial charge in [0.25, 0.3) is 11.8 Å². The molecule has 5 heteroatoms. The van der Waals surface area contributed by atoms with E-state index in [0.29, 0.717) is 22.5 Å². The first kappa shape index (κ1) is 19.9. The standard InChI is InChI=1S/C25H24N2O3/c1-16-11-12-19(15-17(16)2)22-23(26(3)13-14-28)25(30)27(24(22)29)21-10-6-8-18-7-4-5-9-20(18)21/h4-12,15,28H,13-14H2,1-3H3. The van der Waals surface area contributed by atoms with Gasteiger partial charge in [0.2, 0.25) is 0 Å². The number of carbonyl (C=O) groups excluding carboxylic acids is 2. The molecular weight excluding hydrogens is 376 g/mol. The molecule has 1 aliphatic rings. The van der Waals surface area contributed by atoms with Crippen molar-refractivity contribution >= 4 is 33.8 Å². The van der Waals surface area contributed by atoms with Gasteiger partial charge in [0.05, 0.1) is 17.9 Å². The fraction of sp³-hybridized carbons (Fsp3) is 0.200. The highest BCUT2D eigenvalue weighted by Gasteiger charge is 2.42. The van der Waals surface area contributed by atoms with Crippen LogP contribution >= 0.6 is 0 Å². The summed E-state index contributed by atoms with van der Waals surface area (Å²) >= 11 is 0.